The standard InChI is InChI=1S/C22H24ClF4N3O2/c1-32-15-10-17(24)21(18(25)11-15)16-6-8-30(9-7-20(26)27)12-19(16)29-22(31)28-14-4-2-13(23)3-5-14/h2-5,10-11,16,19-20H,6-9,12H2,1H3,(H2,28,29,31)/t16-,19-/m0/s1. The highest BCUT2D eigenvalue weighted by molar-refractivity contribution is 6.30. The van der Waals surface area contributed by atoms with Gasteiger partial charge in [0.25, 0.3) is 0 Å². The van der Waals surface area contributed by atoms with Gasteiger partial charge in [0, 0.05) is 53.8 Å². The molecule has 5 nitrogen and oxygen atoms in total. The molecule has 1 saturated heterocycles. The summed E-state index contributed by atoms with van der Waals surface area (Å²) in [6, 6.07) is 7.33. The second-order valence-corrected chi connectivity index (χ2v) is 8.03. The van der Waals surface area contributed by atoms with Gasteiger partial charge in [0.05, 0.1) is 13.2 Å². The highest BCUT2D eigenvalue weighted by Gasteiger charge is 2.35. The fraction of sp³-hybridized carbons (Fsp3) is 0.409. The number of methoxy groups -OCH3 is 1. The lowest BCUT2D eigenvalue weighted by molar-refractivity contribution is 0.1000. The maximum absolute atomic E-state index is 14.8. The van der Waals surface area contributed by atoms with E-state index in [4.69, 9.17) is 16.3 Å². The lowest BCUT2D eigenvalue weighted by Crippen LogP contribution is -2.53. The highest BCUT2D eigenvalue weighted by Crippen LogP contribution is 2.34. The first-order valence-corrected chi connectivity index (χ1v) is 10.5. The molecule has 3 rings (SSSR count). The molecule has 2 aromatic rings. The smallest absolute Gasteiger partial charge is 0.319 e. The summed E-state index contributed by atoms with van der Waals surface area (Å²) in [6.45, 7) is 0.671. The monoisotopic (exact) mass is 473 g/mol. The summed E-state index contributed by atoms with van der Waals surface area (Å²) in [5.41, 5.74) is 0.326. The highest BCUT2D eigenvalue weighted by atomic mass is 35.5. The van der Waals surface area contributed by atoms with Gasteiger partial charge in [0.1, 0.15) is 17.4 Å². The molecule has 0 unspecified atom stereocenters. The van der Waals surface area contributed by atoms with Crippen molar-refractivity contribution in [3.8, 4) is 5.75 Å². The van der Waals surface area contributed by atoms with Crippen LogP contribution >= 0.6 is 11.6 Å². The predicted molar refractivity (Wildman–Crippen MR) is 115 cm³/mol. The van der Waals surface area contributed by atoms with Gasteiger partial charge in [-0.05, 0) is 37.2 Å². The fourth-order valence-corrected chi connectivity index (χ4v) is 4.02. The van der Waals surface area contributed by atoms with E-state index >= 15 is 0 Å². The fourth-order valence-electron chi connectivity index (χ4n) is 3.90. The Balaban J connectivity index is 1.80. The van der Waals surface area contributed by atoms with Gasteiger partial charge in [-0.1, -0.05) is 11.6 Å². The van der Waals surface area contributed by atoms with E-state index in [0.29, 0.717) is 17.3 Å². The summed E-state index contributed by atoms with van der Waals surface area (Å²) in [5, 5.41) is 5.90. The molecule has 1 aliphatic heterocycles. The van der Waals surface area contributed by atoms with Gasteiger partial charge in [-0.2, -0.15) is 0 Å². The number of rotatable bonds is 7. The van der Waals surface area contributed by atoms with E-state index in [9.17, 15) is 22.4 Å². The molecular weight excluding hydrogens is 450 g/mol. The van der Waals surface area contributed by atoms with Crippen molar-refractivity contribution >= 4 is 23.3 Å². The number of hydrogen-bond donors (Lipinski definition) is 2. The summed E-state index contributed by atoms with van der Waals surface area (Å²) in [4.78, 5) is 14.3. The minimum Gasteiger partial charge on any atom is -0.497 e. The molecule has 0 saturated carbocycles. The number of nitrogens with zero attached hydrogens (tertiary/aromatic N) is 1. The van der Waals surface area contributed by atoms with Crippen molar-refractivity contribution in [2.24, 2.45) is 0 Å². The molecule has 1 aliphatic rings. The number of ether oxygens (including phenoxy) is 1. The Morgan fingerprint density at radius 1 is 1.22 bits per heavy atom. The lowest BCUT2D eigenvalue weighted by Gasteiger charge is -2.39. The molecule has 0 aliphatic carbocycles. The van der Waals surface area contributed by atoms with Crippen LogP contribution in [0.5, 0.6) is 5.75 Å². The molecule has 32 heavy (non-hydrogen) atoms. The van der Waals surface area contributed by atoms with Crippen molar-refractivity contribution < 1.29 is 27.1 Å². The summed E-state index contributed by atoms with van der Waals surface area (Å²) >= 11 is 5.84. The van der Waals surface area contributed by atoms with Crippen molar-refractivity contribution in [2.45, 2.75) is 31.2 Å². The largest absolute Gasteiger partial charge is 0.497 e. The van der Waals surface area contributed by atoms with E-state index in [1.807, 2.05) is 0 Å². The first-order valence-electron chi connectivity index (χ1n) is 10.1. The maximum Gasteiger partial charge on any atom is 0.319 e. The zero-order chi connectivity index (χ0) is 23.3. The zero-order valence-electron chi connectivity index (χ0n) is 17.4. The topological polar surface area (TPSA) is 53.6 Å². The van der Waals surface area contributed by atoms with Gasteiger partial charge in [-0.25, -0.2) is 22.4 Å². The van der Waals surface area contributed by atoms with Crippen LogP contribution in [0.15, 0.2) is 36.4 Å². The maximum atomic E-state index is 14.8. The average molecular weight is 474 g/mol. The van der Waals surface area contributed by atoms with Gasteiger partial charge in [0.2, 0.25) is 6.43 Å². The Bertz CT molecular complexity index is 907. The Hall–Kier alpha value is -2.52. The number of carbonyl (C=O) groups excluding carboxylic acids is 1. The minimum atomic E-state index is -2.45. The molecule has 2 amide bonds. The van der Waals surface area contributed by atoms with Crippen LogP contribution in [0.1, 0.15) is 24.3 Å². The Morgan fingerprint density at radius 2 is 1.88 bits per heavy atom. The van der Waals surface area contributed by atoms with Crippen molar-refractivity contribution in [1.82, 2.24) is 10.2 Å². The number of hydrogen-bond acceptors (Lipinski definition) is 3. The molecule has 2 aromatic carbocycles. The summed E-state index contributed by atoms with van der Waals surface area (Å²) in [6.07, 6.45) is -2.49. The predicted octanol–water partition coefficient (Wildman–Crippen LogP) is 5.26. The van der Waals surface area contributed by atoms with Crippen LogP contribution in [-0.2, 0) is 0 Å². The van der Waals surface area contributed by atoms with E-state index in [1.165, 1.54) is 7.11 Å². The van der Waals surface area contributed by atoms with Crippen LogP contribution in [0.4, 0.5) is 28.0 Å². The van der Waals surface area contributed by atoms with E-state index in [2.05, 4.69) is 10.6 Å². The Labute approximate surface area is 188 Å². The second kappa shape index (κ2) is 10.9. The number of piperidine rings is 1. The summed E-state index contributed by atoms with van der Waals surface area (Å²) in [7, 11) is 1.31. The van der Waals surface area contributed by atoms with Gasteiger partial charge in [0.15, 0.2) is 0 Å². The molecule has 10 heteroatoms. The number of benzene rings is 2. The Kier molecular flexibility index (Phi) is 8.20. The zero-order valence-corrected chi connectivity index (χ0v) is 18.1. The van der Waals surface area contributed by atoms with Crippen LogP contribution in [-0.4, -0.2) is 50.1 Å². The number of anilines is 1. The van der Waals surface area contributed by atoms with Gasteiger partial charge in [-0.15, -0.1) is 0 Å². The first-order chi connectivity index (χ1) is 15.3. The van der Waals surface area contributed by atoms with Crippen LogP contribution in [0.2, 0.25) is 5.02 Å². The number of likely N-dealkylation sites (tertiary alicyclic amines) is 1. The summed E-state index contributed by atoms with van der Waals surface area (Å²) in [5.74, 6) is -2.20. The number of alkyl halides is 2. The van der Waals surface area contributed by atoms with E-state index in [0.717, 1.165) is 12.1 Å². The molecule has 0 spiro atoms. The van der Waals surface area contributed by atoms with E-state index in [1.54, 1.807) is 29.2 Å². The van der Waals surface area contributed by atoms with Gasteiger partial charge >= 0.3 is 6.03 Å². The third-order valence-electron chi connectivity index (χ3n) is 5.44. The van der Waals surface area contributed by atoms with E-state index in [-0.39, 0.29) is 37.2 Å². The van der Waals surface area contributed by atoms with Crippen LogP contribution in [0.25, 0.3) is 0 Å². The molecule has 2 atom stereocenters. The SMILES string of the molecule is COc1cc(F)c([C@H]2CCN(CCC(F)F)C[C@@H]2NC(=O)Nc2ccc(Cl)cc2)c(F)c1. The number of carbonyl (C=O) groups is 1. The normalized spacial score (nSPS) is 19.1. The number of halogens is 5. The van der Waals surface area contributed by atoms with Crippen molar-refractivity contribution in [2.75, 3.05) is 32.1 Å². The van der Waals surface area contributed by atoms with Crippen molar-refractivity contribution in [3.05, 3.63) is 58.6 Å². The van der Waals surface area contributed by atoms with Crippen LogP contribution < -0.4 is 15.4 Å². The molecule has 1 fully saturated rings. The number of urea groups is 1. The minimum absolute atomic E-state index is 0.0445. The van der Waals surface area contributed by atoms with Crippen molar-refractivity contribution in [1.29, 1.82) is 0 Å². The molecular formula is C22H24ClF4N3O2. The summed E-state index contributed by atoms with van der Waals surface area (Å²) < 4.78 is 59.7. The molecule has 0 bridgehead atoms. The molecule has 174 valence electrons. The molecule has 1 heterocycles. The number of amides is 2. The second-order valence-electron chi connectivity index (χ2n) is 7.59. The van der Waals surface area contributed by atoms with Gasteiger partial charge < -0.3 is 20.3 Å². The van der Waals surface area contributed by atoms with Crippen molar-refractivity contribution in [3.63, 3.8) is 0 Å². The molecule has 0 aromatic heterocycles. The third-order valence-corrected chi connectivity index (χ3v) is 5.69. The molecule has 2 N–H and O–H groups in total. The lowest BCUT2D eigenvalue weighted by atomic mass is 9.84. The third kappa shape index (κ3) is 6.26. The quantitative estimate of drug-likeness (QED) is 0.539. The van der Waals surface area contributed by atoms with Gasteiger partial charge in [-0.3, -0.25) is 0 Å². The first kappa shape index (κ1) is 24.1. The average Bonchev–Trinajstić information content (AvgIpc) is 2.74. The van der Waals surface area contributed by atoms with Crippen LogP contribution in [0, 0.1) is 11.6 Å². The van der Waals surface area contributed by atoms with E-state index < -0.39 is 36.1 Å². The molecule has 0 radical (unpaired) electrons. The Morgan fingerprint density at radius 3 is 2.47 bits per heavy atom. The van der Waals surface area contributed by atoms with Crippen LogP contribution in [0.3, 0.4) is 0 Å². The number of nitrogens with one attached hydrogen (secondary N) is 2.